The molecule has 0 spiro atoms. The fourth-order valence-corrected chi connectivity index (χ4v) is 2.45. The largest absolute Gasteiger partial charge is 0.433 e. The summed E-state index contributed by atoms with van der Waals surface area (Å²) in [6.07, 6.45) is 0.806. The van der Waals surface area contributed by atoms with Gasteiger partial charge in [-0.05, 0) is 18.9 Å². The molecule has 2 N–H and O–H groups in total. The fraction of sp³-hybridized carbons (Fsp3) is 0.667. The molecule has 1 aliphatic rings. The van der Waals surface area contributed by atoms with Crippen molar-refractivity contribution in [2.24, 2.45) is 5.73 Å². The van der Waals surface area contributed by atoms with E-state index in [1.165, 1.54) is 0 Å². The van der Waals surface area contributed by atoms with Crippen molar-refractivity contribution < 1.29 is 13.2 Å². The summed E-state index contributed by atoms with van der Waals surface area (Å²) in [4.78, 5) is 9.43. The predicted octanol–water partition coefficient (Wildman–Crippen LogP) is 2.20. The van der Waals surface area contributed by atoms with Crippen molar-refractivity contribution in [1.82, 2.24) is 9.97 Å². The summed E-state index contributed by atoms with van der Waals surface area (Å²) in [5.41, 5.74) is 4.63. The number of aromatic nitrogens is 2. The summed E-state index contributed by atoms with van der Waals surface area (Å²) in [5, 5.41) is 0. The van der Waals surface area contributed by atoms with Gasteiger partial charge in [-0.2, -0.15) is 13.2 Å². The minimum atomic E-state index is -4.44. The highest BCUT2D eigenvalue weighted by atomic mass is 19.4. The molecule has 0 aromatic carbocycles. The molecule has 1 aromatic rings. The molecule has 0 unspecified atom stereocenters. The topological polar surface area (TPSA) is 55.0 Å². The van der Waals surface area contributed by atoms with E-state index >= 15 is 0 Å². The highest BCUT2D eigenvalue weighted by Crippen LogP contribution is 2.30. The van der Waals surface area contributed by atoms with E-state index in [4.69, 9.17) is 5.73 Å². The highest BCUT2D eigenvalue weighted by Gasteiger charge is 2.34. The third kappa shape index (κ3) is 3.34. The van der Waals surface area contributed by atoms with Gasteiger partial charge in [0.2, 0.25) is 5.95 Å². The summed E-state index contributed by atoms with van der Waals surface area (Å²) in [7, 11) is 0. The molecule has 0 bridgehead atoms. The first-order valence-corrected chi connectivity index (χ1v) is 6.39. The molecule has 0 saturated heterocycles. The van der Waals surface area contributed by atoms with Crippen LogP contribution in [0.4, 0.5) is 19.1 Å². The first-order chi connectivity index (χ1) is 9.02. The van der Waals surface area contributed by atoms with Crippen LogP contribution in [0.1, 0.15) is 31.4 Å². The summed E-state index contributed by atoms with van der Waals surface area (Å²) in [6.45, 7) is 0.849. The van der Waals surface area contributed by atoms with E-state index in [2.05, 4.69) is 9.97 Å². The molecule has 0 aliphatic heterocycles. The zero-order valence-electron chi connectivity index (χ0n) is 10.5. The second kappa shape index (κ2) is 5.73. The van der Waals surface area contributed by atoms with E-state index in [1.807, 2.05) is 4.90 Å². The molecule has 1 fully saturated rings. The van der Waals surface area contributed by atoms with E-state index in [-0.39, 0.29) is 12.0 Å². The van der Waals surface area contributed by atoms with Crippen LogP contribution in [0.3, 0.4) is 0 Å². The molecular weight excluding hydrogens is 257 g/mol. The second-order valence-corrected chi connectivity index (χ2v) is 4.66. The molecular formula is C12H17F3N4. The fourth-order valence-electron chi connectivity index (χ4n) is 2.45. The zero-order chi connectivity index (χ0) is 13.9. The van der Waals surface area contributed by atoms with Gasteiger partial charge in [0.25, 0.3) is 0 Å². The minimum absolute atomic E-state index is 0.132. The SMILES string of the molecule is NCCN(c1nccc(C(F)(F)F)n1)C1CCCC1. The zero-order valence-corrected chi connectivity index (χ0v) is 10.5. The van der Waals surface area contributed by atoms with Crippen LogP contribution in [0.25, 0.3) is 0 Å². The van der Waals surface area contributed by atoms with Gasteiger partial charge in [-0.25, -0.2) is 9.97 Å². The third-order valence-corrected chi connectivity index (χ3v) is 3.33. The molecule has 19 heavy (non-hydrogen) atoms. The van der Waals surface area contributed by atoms with E-state index in [1.54, 1.807) is 0 Å². The van der Waals surface area contributed by atoms with Crippen LogP contribution in [-0.2, 0) is 6.18 Å². The molecule has 7 heteroatoms. The number of alkyl halides is 3. The third-order valence-electron chi connectivity index (χ3n) is 3.33. The van der Waals surface area contributed by atoms with Gasteiger partial charge in [0.15, 0.2) is 0 Å². The quantitative estimate of drug-likeness (QED) is 0.914. The first kappa shape index (κ1) is 14.0. The summed E-state index contributed by atoms with van der Waals surface area (Å²) >= 11 is 0. The van der Waals surface area contributed by atoms with Crippen molar-refractivity contribution in [1.29, 1.82) is 0 Å². The second-order valence-electron chi connectivity index (χ2n) is 4.66. The van der Waals surface area contributed by atoms with Crippen LogP contribution in [0.15, 0.2) is 12.3 Å². The van der Waals surface area contributed by atoms with Crippen LogP contribution in [0.5, 0.6) is 0 Å². The summed E-state index contributed by atoms with van der Waals surface area (Å²) < 4.78 is 38.0. The number of halogens is 3. The summed E-state index contributed by atoms with van der Waals surface area (Å²) in [5.74, 6) is 0.132. The van der Waals surface area contributed by atoms with E-state index in [9.17, 15) is 13.2 Å². The molecule has 2 rings (SSSR count). The molecule has 106 valence electrons. The Morgan fingerprint density at radius 1 is 1.32 bits per heavy atom. The maximum absolute atomic E-state index is 12.7. The predicted molar refractivity (Wildman–Crippen MR) is 65.7 cm³/mol. The van der Waals surface area contributed by atoms with E-state index in [0.717, 1.165) is 37.9 Å². The number of rotatable bonds is 4. The molecule has 1 aromatic heterocycles. The van der Waals surface area contributed by atoms with Gasteiger partial charge in [0, 0.05) is 25.3 Å². The minimum Gasteiger partial charge on any atom is -0.337 e. The number of nitrogens with zero attached hydrogens (tertiary/aromatic N) is 3. The van der Waals surface area contributed by atoms with Crippen molar-refractivity contribution in [3.05, 3.63) is 18.0 Å². The van der Waals surface area contributed by atoms with Crippen LogP contribution >= 0.6 is 0 Å². The standard InChI is InChI=1S/C12H17F3N4/c13-12(14,15)10-5-7-17-11(18-10)19(8-6-16)9-3-1-2-4-9/h5,7,9H,1-4,6,8,16H2. The van der Waals surface area contributed by atoms with Gasteiger partial charge in [-0.1, -0.05) is 12.8 Å². The van der Waals surface area contributed by atoms with E-state index in [0.29, 0.717) is 13.1 Å². The molecule has 1 saturated carbocycles. The summed E-state index contributed by atoms with van der Waals surface area (Å²) in [6, 6.07) is 1.09. The maximum Gasteiger partial charge on any atom is 0.433 e. The van der Waals surface area contributed by atoms with Crippen molar-refractivity contribution >= 4 is 5.95 Å². The number of anilines is 1. The highest BCUT2D eigenvalue weighted by molar-refractivity contribution is 5.33. The number of nitrogens with two attached hydrogens (primary N) is 1. The Bertz CT molecular complexity index is 416. The van der Waals surface area contributed by atoms with E-state index < -0.39 is 11.9 Å². The molecule has 4 nitrogen and oxygen atoms in total. The Kier molecular flexibility index (Phi) is 4.24. The van der Waals surface area contributed by atoms with Crippen molar-refractivity contribution in [2.45, 2.75) is 37.9 Å². The van der Waals surface area contributed by atoms with Crippen molar-refractivity contribution in [2.75, 3.05) is 18.0 Å². The first-order valence-electron chi connectivity index (χ1n) is 6.39. The van der Waals surface area contributed by atoms with Crippen LogP contribution < -0.4 is 10.6 Å². The Hall–Kier alpha value is -1.37. The Morgan fingerprint density at radius 2 is 2.00 bits per heavy atom. The lowest BCUT2D eigenvalue weighted by Crippen LogP contribution is -2.38. The van der Waals surface area contributed by atoms with Gasteiger partial charge in [-0.15, -0.1) is 0 Å². The molecule has 0 atom stereocenters. The van der Waals surface area contributed by atoms with Gasteiger partial charge in [-0.3, -0.25) is 0 Å². The van der Waals surface area contributed by atoms with Gasteiger partial charge >= 0.3 is 6.18 Å². The molecule has 1 aliphatic carbocycles. The van der Waals surface area contributed by atoms with Crippen molar-refractivity contribution in [3.63, 3.8) is 0 Å². The average molecular weight is 274 g/mol. The Morgan fingerprint density at radius 3 is 2.58 bits per heavy atom. The van der Waals surface area contributed by atoms with Crippen molar-refractivity contribution in [3.8, 4) is 0 Å². The lowest BCUT2D eigenvalue weighted by atomic mass is 10.2. The van der Waals surface area contributed by atoms with Crippen LogP contribution in [-0.4, -0.2) is 29.1 Å². The van der Waals surface area contributed by atoms with Crippen LogP contribution in [0.2, 0.25) is 0 Å². The normalized spacial score (nSPS) is 16.8. The Labute approximate surface area is 109 Å². The molecule has 0 amide bonds. The lowest BCUT2D eigenvalue weighted by Gasteiger charge is -2.28. The number of hydrogen-bond acceptors (Lipinski definition) is 4. The maximum atomic E-state index is 12.7. The lowest BCUT2D eigenvalue weighted by molar-refractivity contribution is -0.141. The smallest absolute Gasteiger partial charge is 0.337 e. The monoisotopic (exact) mass is 274 g/mol. The number of hydrogen-bond donors (Lipinski definition) is 1. The van der Waals surface area contributed by atoms with Gasteiger partial charge in [0.1, 0.15) is 5.69 Å². The Balaban J connectivity index is 2.25. The van der Waals surface area contributed by atoms with Gasteiger partial charge in [0.05, 0.1) is 0 Å². The average Bonchev–Trinajstić information content (AvgIpc) is 2.88. The molecule has 1 heterocycles. The van der Waals surface area contributed by atoms with Crippen LogP contribution in [0, 0.1) is 0 Å². The molecule has 0 radical (unpaired) electrons. The van der Waals surface area contributed by atoms with Gasteiger partial charge < -0.3 is 10.6 Å².